The number of nitrogens with two attached hydrogens (primary N) is 1. The van der Waals surface area contributed by atoms with E-state index in [1.165, 1.54) is 13.2 Å². The van der Waals surface area contributed by atoms with Gasteiger partial charge in [0, 0.05) is 12.1 Å². The van der Waals surface area contributed by atoms with E-state index in [4.69, 9.17) is 10.5 Å². The summed E-state index contributed by atoms with van der Waals surface area (Å²) in [6.45, 7) is 0. The number of hydrogen-bond acceptors (Lipinski definition) is 2. The first-order valence-corrected chi connectivity index (χ1v) is 4.01. The molecule has 0 amide bonds. The highest BCUT2D eigenvalue weighted by Gasteiger charge is 2.04. The molecule has 60 valence electrons. The zero-order valence-electron chi connectivity index (χ0n) is 5.90. The summed E-state index contributed by atoms with van der Waals surface area (Å²) >= 11 is 1.85. The highest BCUT2D eigenvalue weighted by atomic mass is 127. The third kappa shape index (κ3) is 1.74. The third-order valence-corrected chi connectivity index (χ3v) is 2.40. The van der Waals surface area contributed by atoms with Crippen LogP contribution >= 0.6 is 22.6 Å². The first-order chi connectivity index (χ1) is 5.15. The molecule has 0 aliphatic rings. The average Bonchev–Trinajstić information content (AvgIpc) is 1.99. The lowest BCUT2D eigenvalue weighted by molar-refractivity contribution is 0.411. The van der Waals surface area contributed by atoms with Gasteiger partial charge in [0.05, 0.1) is 16.4 Å². The lowest BCUT2D eigenvalue weighted by atomic mass is 10.3. The topological polar surface area (TPSA) is 35.2 Å². The van der Waals surface area contributed by atoms with E-state index >= 15 is 0 Å². The fraction of sp³-hybridized carbons (Fsp3) is 0.143. The minimum atomic E-state index is -0.345. The number of rotatable bonds is 1. The maximum absolute atomic E-state index is 12.9. The van der Waals surface area contributed by atoms with E-state index < -0.39 is 0 Å². The first kappa shape index (κ1) is 8.58. The van der Waals surface area contributed by atoms with Crippen molar-refractivity contribution in [1.29, 1.82) is 0 Å². The molecule has 4 heteroatoms. The predicted octanol–water partition coefficient (Wildman–Crippen LogP) is 2.02. The third-order valence-electron chi connectivity index (χ3n) is 1.27. The summed E-state index contributed by atoms with van der Waals surface area (Å²) in [4.78, 5) is 0. The van der Waals surface area contributed by atoms with Crippen LogP contribution in [0.2, 0.25) is 0 Å². The van der Waals surface area contributed by atoms with Crippen molar-refractivity contribution >= 4 is 28.3 Å². The SMILES string of the molecule is COc1cc(N)c(I)c(F)c1. The Morgan fingerprint density at radius 1 is 1.55 bits per heavy atom. The molecule has 0 aromatic heterocycles. The normalized spacial score (nSPS) is 9.73. The van der Waals surface area contributed by atoms with Gasteiger partial charge < -0.3 is 10.5 Å². The zero-order chi connectivity index (χ0) is 8.43. The summed E-state index contributed by atoms with van der Waals surface area (Å²) in [5, 5.41) is 0. The fourth-order valence-electron chi connectivity index (χ4n) is 0.702. The second-order valence-corrected chi connectivity index (χ2v) is 3.09. The van der Waals surface area contributed by atoms with Gasteiger partial charge in [-0.25, -0.2) is 4.39 Å². The Kier molecular flexibility index (Phi) is 2.53. The van der Waals surface area contributed by atoms with Crippen LogP contribution in [0, 0.1) is 9.39 Å². The average molecular weight is 267 g/mol. The molecule has 0 spiro atoms. The minimum Gasteiger partial charge on any atom is -0.497 e. The summed E-state index contributed by atoms with van der Waals surface area (Å²) in [6.07, 6.45) is 0. The zero-order valence-corrected chi connectivity index (χ0v) is 8.05. The first-order valence-electron chi connectivity index (χ1n) is 2.93. The Balaban J connectivity index is 3.21. The number of nitrogen functional groups attached to an aromatic ring is 1. The van der Waals surface area contributed by atoms with E-state index in [-0.39, 0.29) is 5.82 Å². The molecular weight excluding hydrogens is 260 g/mol. The van der Waals surface area contributed by atoms with Crippen LogP contribution in [-0.2, 0) is 0 Å². The second kappa shape index (κ2) is 3.25. The fourth-order valence-corrected chi connectivity index (χ4v) is 1.01. The Morgan fingerprint density at radius 2 is 2.18 bits per heavy atom. The number of anilines is 1. The molecule has 0 heterocycles. The Bertz CT molecular complexity index is 254. The van der Waals surface area contributed by atoms with Gasteiger partial charge in [-0.1, -0.05) is 0 Å². The Labute approximate surface area is 77.7 Å². The molecule has 1 aromatic rings. The maximum atomic E-state index is 12.9. The quantitative estimate of drug-likeness (QED) is 0.624. The molecule has 2 N–H and O–H groups in total. The molecule has 0 unspecified atom stereocenters. The molecule has 1 rings (SSSR count). The molecule has 11 heavy (non-hydrogen) atoms. The summed E-state index contributed by atoms with van der Waals surface area (Å²) in [6, 6.07) is 2.89. The van der Waals surface area contributed by atoms with Crippen molar-refractivity contribution < 1.29 is 9.13 Å². The van der Waals surface area contributed by atoms with Crippen LogP contribution in [0.25, 0.3) is 0 Å². The molecule has 0 aliphatic carbocycles. The van der Waals surface area contributed by atoms with Crippen molar-refractivity contribution in [3.8, 4) is 5.75 Å². The molecule has 0 radical (unpaired) electrons. The van der Waals surface area contributed by atoms with Crippen LogP contribution in [0.15, 0.2) is 12.1 Å². The summed E-state index contributed by atoms with van der Waals surface area (Å²) in [7, 11) is 1.47. The van der Waals surface area contributed by atoms with Crippen LogP contribution in [0.1, 0.15) is 0 Å². The number of methoxy groups -OCH3 is 1. The molecule has 0 aliphatic heterocycles. The molecule has 0 atom stereocenters. The number of benzene rings is 1. The largest absolute Gasteiger partial charge is 0.497 e. The van der Waals surface area contributed by atoms with Crippen molar-refractivity contribution in [2.24, 2.45) is 0 Å². The summed E-state index contributed by atoms with van der Waals surface area (Å²) in [5.41, 5.74) is 5.87. The van der Waals surface area contributed by atoms with Crippen molar-refractivity contribution in [3.63, 3.8) is 0 Å². The van der Waals surface area contributed by atoms with Crippen LogP contribution in [0.5, 0.6) is 5.75 Å². The lowest BCUT2D eigenvalue weighted by Gasteiger charge is -2.03. The monoisotopic (exact) mass is 267 g/mol. The van der Waals surface area contributed by atoms with E-state index in [0.29, 0.717) is 15.0 Å². The van der Waals surface area contributed by atoms with E-state index in [9.17, 15) is 4.39 Å². The van der Waals surface area contributed by atoms with Crippen molar-refractivity contribution in [2.75, 3.05) is 12.8 Å². The summed E-state index contributed by atoms with van der Waals surface area (Å²) < 4.78 is 18.1. The highest BCUT2D eigenvalue weighted by molar-refractivity contribution is 14.1. The van der Waals surface area contributed by atoms with Crippen molar-refractivity contribution in [2.45, 2.75) is 0 Å². The van der Waals surface area contributed by atoms with Crippen LogP contribution in [0.3, 0.4) is 0 Å². The standard InChI is InChI=1S/C7H7FINO/c1-11-4-2-5(8)7(9)6(10)3-4/h2-3H,10H2,1H3. The van der Waals surface area contributed by atoms with Gasteiger partial charge in [-0.2, -0.15) is 0 Å². The number of hydrogen-bond donors (Lipinski definition) is 1. The van der Waals surface area contributed by atoms with E-state index in [2.05, 4.69) is 0 Å². The Morgan fingerprint density at radius 3 is 2.64 bits per heavy atom. The molecule has 0 saturated heterocycles. The van der Waals surface area contributed by atoms with Crippen molar-refractivity contribution in [3.05, 3.63) is 21.5 Å². The minimum absolute atomic E-state index is 0.345. The van der Waals surface area contributed by atoms with E-state index in [1.807, 2.05) is 22.6 Å². The molecule has 1 aromatic carbocycles. The molecular formula is C7H7FINO. The second-order valence-electron chi connectivity index (χ2n) is 2.01. The van der Waals surface area contributed by atoms with Gasteiger partial charge in [-0.05, 0) is 22.6 Å². The van der Waals surface area contributed by atoms with Gasteiger partial charge in [-0.15, -0.1) is 0 Å². The van der Waals surface area contributed by atoms with Crippen molar-refractivity contribution in [1.82, 2.24) is 0 Å². The lowest BCUT2D eigenvalue weighted by Crippen LogP contribution is -1.94. The highest BCUT2D eigenvalue weighted by Crippen LogP contribution is 2.24. The van der Waals surface area contributed by atoms with Crippen LogP contribution in [0.4, 0.5) is 10.1 Å². The van der Waals surface area contributed by atoms with Gasteiger partial charge in [0.1, 0.15) is 11.6 Å². The number of ether oxygens (including phenoxy) is 1. The number of halogens is 2. The molecule has 0 fully saturated rings. The molecule has 0 bridgehead atoms. The smallest absolute Gasteiger partial charge is 0.142 e. The Hall–Kier alpha value is -0.520. The summed E-state index contributed by atoms with van der Waals surface area (Å²) in [5.74, 6) is 0.0999. The van der Waals surface area contributed by atoms with Gasteiger partial charge in [0.15, 0.2) is 0 Å². The van der Waals surface area contributed by atoms with Crippen LogP contribution in [-0.4, -0.2) is 7.11 Å². The van der Waals surface area contributed by atoms with E-state index in [1.54, 1.807) is 6.07 Å². The molecule has 2 nitrogen and oxygen atoms in total. The molecule has 0 saturated carbocycles. The van der Waals surface area contributed by atoms with Gasteiger partial charge in [0.2, 0.25) is 0 Å². The van der Waals surface area contributed by atoms with Gasteiger partial charge in [0.25, 0.3) is 0 Å². The maximum Gasteiger partial charge on any atom is 0.142 e. The van der Waals surface area contributed by atoms with Crippen LogP contribution < -0.4 is 10.5 Å². The van der Waals surface area contributed by atoms with E-state index in [0.717, 1.165) is 0 Å². The van der Waals surface area contributed by atoms with Gasteiger partial charge in [-0.3, -0.25) is 0 Å². The predicted molar refractivity (Wildman–Crippen MR) is 50.1 cm³/mol. The van der Waals surface area contributed by atoms with Gasteiger partial charge >= 0.3 is 0 Å².